The van der Waals surface area contributed by atoms with Crippen LogP contribution < -0.4 is 10.2 Å². The molecule has 1 aliphatic heterocycles. The third-order valence-corrected chi connectivity index (χ3v) is 5.31. The van der Waals surface area contributed by atoms with E-state index in [1.807, 2.05) is 37.3 Å². The molecule has 3 rings (SSSR count). The zero-order valence-electron chi connectivity index (χ0n) is 16.2. The van der Waals surface area contributed by atoms with Crippen LogP contribution in [0.4, 0.5) is 5.69 Å². The van der Waals surface area contributed by atoms with Crippen molar-refractivity contribution in [2.75, 3.05) is 11.4 Å². The summed E-state index contributed by atoms with van der Waals surface area (Å²) in [5.41, 5.74) is 4.01. The maximum atomic E-state index is 12.6. The Hall–Kier alpha value is -2.69. The minimum Gasteiger partial charge on any atom is -0.352 e. The van der Waals surface area contributed by atoms with Gasteiger partial charge in [0, 0.05) is 37.1 Å². The highest BCUT2D eigenvalue weighted by Crippen LogP contribution is 2.33. The lowest BCUT2D eigenvalue weighted by atomic mass is 9.96. The molecule has 1 aromatic heterocycles. The van der Waals surface area contributed by atoms with Gasteiger partial charge in [0.05, 0.1) is 5.92 Å². The van der Waals surface area contributed by atoms with E-state index in [-0.39, 0.29) is 24.2 Å². The summed E-state index contributed by atoms with van der Waals surface area (Å²) in [5.74, 6) is -0.00726. The van der Waals surface area contributed by atoms with E-state index >= 15 is 0 Å². The lowest BCUT2D eigenvalue weighted by Crippen LogP contribution is -2.33. The fraction of sp³-hybridized carbons (Fsp3) is 0.409. The second-order valence-electron chi connectivity index (χ2n) is 7.30. The van der Waals surface area contributed by atoms with Gasteiger partial charge in [-0.15, -0.1) is 0 Å². The van der Waals surface area contributed by atoms with E-state index in [4.69, 9.17) is 0 Å². The molecular weight excluding hydrogens is 338 g/mol. The van der Waals surface area contributed by atoms with E-state index in [2.05, 4.69) is 30.2 Å². The number of hydrogen-bond acceptors (Lipinski definition) is 3. The average molecular weight is 365 g/mol. The van der Waals surface area contributed by atoms with Crippen LogP contribution in [-0.4, -0.2) is 23.3 Å². The summed E-state index contributed by atoms with van der Waals surface area (Å²) in [7, 11) is 0. The van der Waals surface area contributed by atoms with Crippen molar-refractivity contribution in [3.8, 4) is 0 Å². The van der Waals surface area contributed by atoms with Gasteiger partial charge >= 0.3 is 0 Å². The highest BCUT2D eigenvalue weighted by atomic mass is 16.2. The van der Waals surface area contributed by atoms with Crippen LogP contribution in [0.15, 0.2) is 42.6 Å². The summed E-state index contributed by atoms with van der Waals surface area (Å²) in [4.78, 5) is 31.2. The number of nitrogens with zero attached hydrogens (tertiary/aromatic N) is 2. The molecule has 0 radical (unpaired) electrons. The molecule has 0 unspecified atom stereocenters. The molecule has 0 spiro atoms. The fourth-order valence-corrected chi connectivity index (χ4v) is 3.42. The van der Waals surface area contributed by atoms with Crippen LogP contribution in [-0.2, 0) is 16.1 Å². The molecule has 1 fully saturated rings. The monoisotopic (exact) mass is 365 g/mol. The van der Waals surface area contributed by atoms with Gasteiger partial charge in [0.25, 0.3) is 0 Å². The van der Waals surface area contributed by atoms with Crippen LogP contribution in [0.25, 0.3) is 0 Å². The van der Waals surface area contributed by atoms with Crippen LogP contribution in [0.3, 0.4) is 0 Å². The summed E-state index contributed by atoms with van der Waals surface area (Å²) in [5, 5.41) is 2.94. The summed E-state index contributed by atoms with van der Waals surface area (Å²) in [6.07, 6.45) is 3.03. The lowest BCUT2D eigenvalue weighted by molar-refractivity contribution is -0.126. The van der Waals surface area contributed by atoms with Crippen molar-refractivity contribution < 1.29 is 9.59 Å². The van der Waals surface area contributed by atoms with Crippen molar-refractivity contribution in [1.29, 1.82) is 0 Å². The number of aryl methyl sites for hydroxylation is 1. The molecule has 142 valence electrons. The number of nitrogens with one attached hydrogen (secondary N) is 1. The molecule has 2 amide bonds. The molecule has 1 N–H and O–H groups in total. The second-order valence-corrected chi connectivity index (χ2v) is 7.30. The van der Waals surface area contributed by atoms with E-state index in [9.17, 15) is 9.59 Å². The fourth-order valence-electron chi connectivity index (χ4n) is 3.42. The Balaban J connectivity index is 1.67. The Morgan fingerprint density at radius 1 is 1.30 bits per heavy atom. The first kappa shape index (κ1) is 19.1. The normalized spacial score (nSPS) is 17.8. The maximum Gasteiger partial charge on any atom is 0.227 e. The molecule has 1 saturated heterocycles. The number of benzene rings is 1. The third-order valence-electron chi connectivity index (χ3n) is 5.31. The Morgan fingerprint density at radius 2 is 2.07 bits per heavy atom. The minimum absolute atomic E-state index is 0.0166. The predicted octanol–water partition coefficient (Wildman–Crippen LogP) is 3.57. The molecule has 1 aliphatic rings. The molecule has 2 heterocycles. The molecule has 5 heteroatoms. The minimum atomic E-state index is -0.319. The number of pyridine rings is 1. The van der Waals surface area contributed by atoms with Crippen LogP contribution in [0.1, 0.15) is 49.4 Å². The zero-order chi connectivity index (χ0) is 19.4. The highest BCUT2D eigenvalue weighted by Gasteiger charge is 2.36. The zero-order valence-corrected chi connectivity index (χ0v) is 16.2. The Morgan fingerprint density at radius 3 is 2.78 bits per heavy atom. The number of hydrogen-bond donors (Lipinski definition) is 1. The van der Waals surface area contributed by atoms with Gasteiger partial charge in [0.2, 0.25) is 11.8 Å². The first-order chi connectivity index (χ1) is 13.0. The van der Waals surface area contributed by atoms with E-state index < -0.39 is 0 Å². The molecule has 27 heavy (non-hydrogen) atoms. The topological polar surface area (TPSA) is 62.3 Å². The van der Waals surface area contributed by atoms with Gasteiger partial charge in [-0.3, -0.25) is 14.6 Å². The number of para-hydroxylation sites is 1. The third kappa shape index (κ3) is 4.35. The number of carbonyl (C=O) groups is 2. The van der Waals surface area contributed by atoms with E-state index in [1.165, 1.54) is 5.56 Å². The summed E-state index contributed by atoms with van der Waals surface area (Å²) < 4.78 is 0. The van der Waals surface area contributed by atoms with E-state index in [1.54, 1.807) is 11.1 Å². The lowest BCUT2D eigenvalue weighted by Gasteiger charge is -2.23. The van der Waals surface area contributed by atoms with Crippen LogP contribution in [0, 0.1) is 12.8 Å². The van der Waals surface area contributed by atoms with Crippen molar-refractivity contribution in [2.45, 2.75) is 46.1 Å². The SMILES string of the molecule is CC[C@@H](C)c1ccccc1N1C[C@@H](C(=O)NCc2ccc(C)nc2)CC1=O. The number of rotatable bonds is 6. The van der Waals surface area contributed by atoms with E-state index in [0.717, 1.165) is 23.4 Å². The Labute approximate surface area is 160 Å². The van der Waals surface area contributed by atoms with Gasteiger partial charge in [-0.2, -0.15) is 0 Å². The molecule has 2 atom stereocenters. The van der Waals surface area contributed by atoms with Crippen molar-refractivity contribution in [1.82, 2.24) is 10.3 Å². The van der Waals surface area contributed by atoms with Gasteiger partial charge in [-0.25, -0.2) is 0 Å². The van der Waals surface area contributed by atoms with Gasteiger partial charge in [0.15, 0.2) is 0 Å². The first-order valence-corrected chi connectivity index (χ1v) is 9.58. The second kappa shape index (κ2) is 8.33. The number of anilines is 1. The smallest absolute Gasteiger partial charge is 0.227 e. The molecular formula is C22H27N3O2. The molecule has 5 nitrogen and oxygen atoms in total. The van der Waals surface area contributed by atoms with Crippen LogP contribution in [0.5, 0.6) is 0 Å². The number of amides is 2. The van der Waals surface area contributed by atoms with Crippen molar-refractivity contribution in [3.05, 3.63) is 59.4 Å². The summed E-state index contributed by atoms with van der Waals surface area (Å²) in [6.45, 7) is 7.10. The van der Waals surface area contributed by atoms with Crippen molar-refractivity contribution in [2.24, 2.45) is 5.92 Å². The number of aromatic nitrogens is 1. The van der Waals surface area contributed by atoms with Crippen LogP contribution >= 0.6 is 0 Å². The van der Waals surface area contributed by atoms with Gasteiger partial charge in [-0.05, 0) is 42.5 Å². The first-order valence-electron chi connectivity index (χ1n) is 9.58. The van der Waals surface area contributed by atoms with Gasteiger partial charge in [0.1, 0.15) is 0 Å². The van der Waals surface area contributed by atoms with Gasteiger partial charge in [-0.1, -0.05) is 38.1 Å². The summed E-state index contributed by atoms with van der Waals surface area (Å²) in [6, 6.07) is 11.9. The quantitative estimate of drug-likeness (QED) is 0.851. The van der Waals surface area contributed by atoms with Crippen LogP contribution in [0.2, 0.25) is 0 Å². The van der Waals surface area contributed by atoms with Crippen molar-refractivity contribution in [3.63, 3.8) is 0 Å². The largest absolute Gasteiger partial charge is 0.352 e. The molecule has 1 aromatic carbocycles. The van der Waals surface area contributed by atoms with E-state index in [0.29, 0.717) is 19.0 Å². The highest BCUT2D eigenvalue weighted by molar-refractivity contribution is 6.00. The molecule has 0 saturated carbocycles. The number of carbonyl (C=O) groups excluding carboxylic acids is 2. The standard InChI is InChI=1S/C22H27N3O2/c1-4-15(2)19-7-5-6-8-20(19)25-14-18(11-21(25)26)22(27)24-13-17-10-9-16(3)23-12-17/h5-10,12,15,18H,4,11,13-14H2,1-3H3,(H,24,27)/t15-,18+/m1/s1. The predicted molar refractivity (Wildman–Crippen MR) is 106 cm³/mol. The van der Waals surface area contributed by atoms with Gasteiger partial charge < -0.3 is 10.2 Å². The average Bonchev–Trinajstić information content (AvgIpc) is 3.08. The maximum absolute atomic E-state index is 12.6. The molecule has 2 aromatic rings. The molecule has 0 aliphatic carbocycles. The Bertz CT molecular complexity index is 817. The molecule has 0 bridgehead atoms. The van der Waals surface area contributed by atoms with Crippen molar-refractivity contribution >= 4 is 17.5 Å². The Kier molecular flexibility index (Phi) is 5.89. The summed E-state index contributed by atoms with van der Waals surface area (Å²) >= 11 is 0.